The van der Waals surface area contributed by atoms with Gasteiger partial charge in [-0.1, -0.05) is 54.2 Å². The lowest BCUT2D eigenvalue weighted by molar-refractivity contribution is -0.129. The Balaban J connectivity index is 1.54. The molecular formula is C16H19N3O2S. The second-order valence-electron chi connectivity index (χ2n) is 5.60. The molecule has 6 heteroatoms. The zero-order valence-electron chi connectivity index (χ0n) is 12.6. The van der Waals surface area contributed by atoms with Gasteiger partial charge < -0.3 is 9.42 Å². The van der Waals surface area contributed by atoms with Crippen LogP contribution in [-0.4, -0.2) is 39.8 Å². The molecule has 1 fully saturated rings. The highest BCUT2D eigenvalue weighted by Crippen LogP contribution is 2.22. The molecule has 0 saturated carbocycles. The molecule has 1 aliphatic rings. The minimum Gasteiger partial charge on any atom is -0.342 e. The summed E-state index contributed by atoms with van der Waals surface area (Å²) in [5.74, 6) is 1.78. The van der Waals surface area contributed by atoms with Crippen LogP contribution in [0.3, 0.4) is 0 Å². The van der Waals surface area contributed by atoms with Crippen molar-refractivity contribution < 1.29 is 9.32 Å². The van der Waals surface area contributed by atoms with Gasteiger partial charge in [-0.25, -0.2) is 0 Å². The Morgan fingerprint density at radius 3 is 2.77 bits per heavy atom. The fourth-order valence-corrected chi connectivity index (χ4v) is 3.12. The van der Waals surface area contributed by atoms with Gasteiger partial charge in [-0.3, -0.25) is 4.79 Å². The molecule has 1 amide bonds. The van der Waals surface area contributed by atoms with Crippen molar-refractivity contribution in [1.29, 1.82) is 0 Å². The van der Waals surface area contributed by atoms with Crippen LogP contribution in [0.4, 0.5) is 0 Å². The van der Waals surface area contributed by atoms with Crippen molar-refractivity contribution in [1.82, 2.24) is 15.0 Å². The summed E-state index contributed by atoms with van der Waals surface area (Å²) in [4.78, 5) is 18.4. The van der Waals surface area contributed by atoms with Gasteiger partial charge in [0, 0.05) is 18.7 Å². The lowest BCUT2D eigenvalue weighted by Crippen LogP contribution is -2.38. The normalized spacial score (nSPS) is 16.0. The van der Waals surface area contributed by atoms with Crippen LogP contribution in [0.15, 0.2) is 40.1 Å². The number of benzene rings is 1. The summed E-state index contributed by atoms with van der Waals surface area (Å²) in [5.41, 5.74) is 0.912. The summed E-state index contributed by atoms with van der Waals surface area (Å²) in [6.07, 6.45) is 2.18. The Morgan fingerprint density at radius 1 is 1.32 bits per heavy atom. The van der Waals surface area contributed by atoms with E-state index in [1.165, 1.54) is 11.8 Å². The lowest BCUT2D eigenvalue weighted by Gasteiger charge is -2.30. The van der Waals surface area contributed by atoms with Crippen molar-refractivity contribution in [3.8, 4) is 11.4 Å². The van der Waals surface area contributed by atoms with E-state index in [0.29, 0.717) is 16.8 Å². The highest BCUT2D eigenvalue weighted by Gasteiger charge is 2.21. The molecule has 1 saturated heterocycles. The lowest BCUT2D eigenvalue weighted by atomic mass is 9.99. The first-order chi connectivity index (χ1) is 10.7. The number of hydrogen-bond donors (Lipinski definition) is 0. The summed E-state index contributed by atoms with van der Waals surface area (Å²) in [7, 11) is 0. The third-order valence-corrected chi connectivity index (χ3v) is 4.70. The number of rotatable bonds is 4. The topological polar surface area (TPSA) is 59.2 Å². The van der Waals surface area contributed by atoms with Gasteiger partial charge in [0.25, 0.3) is 5.22 Å². The third kappa shape index (κ3) is 3.68. The zero-order chi connectivity index (χ0) is 15.4. The smallest absolute Gasteiger partial charge is 0.286 e. The fourth-order valence-electron chi connectivity index (χ4n) is 2.45. The quantitative estimate of drug-likeness (QED) is 0.811. The number of amides is 1. The molecule has 3 rings (SSSR count). The van der Waals surface area contributed by atoms with Gasteiger partial charge >= 0.3 is 0 Å². The van der Waals surface area contributed by atoms with Gasteiger partial charge in [-0.2, -0.15) is 4.98 Å². The van der Waals surface area contributed by atoms with Crippen molar-refractivity contribution in [2.75, 3.05) is 18.8 Å². The Kier molecular flexibility index (Phi) is 4.77. The maximum atomic E-state index is 12.2. The molecule has 0 bridgehead atoms. The van der Waals surface area contributed by atoms with Gasteiger partial charge in [0.2, 0.25) is 11.7 Å². The van der Waals surface area contributed by atoms with Gasteiger partial charge in [0.1, 0.15) is 0 Å². The molecule has 0 radical (unpaired) electrons. The van der Waals surface area contributed by atoms with Crippen LogP contribution >= 0.6 is 11.8 Å². The first-order valence-electron chi connectivity index (χ1n) is 7.52. The summed E-state index contributed by atoms with van der Waals surface area (Å²) in [5, 5.41) is 4.40. The second kappa shape index (κ2) is 6.96. The highest BCUT2D eigenvalue weighted by molar-refractivity contribution is 7.99. The largest absolute Gasteiger partial charge is 0.342 e. The summed E-state index contributed by atoms with van der Waals surface area (Å²) in [6, 6.07) is 9.66. The first-order valence-corrected chi connectivity index (χ1v) is 8.50. The Morgan fingerprint density at radius 2 is 2.05 bits per heavy atom. The number of carbonyl (C=O) groups excluding carboxylic acids is 1. The first kappa shape index (κ1) is 15.1. The van der Waals surface area contributed by atoms with Gasteiger partial charge in [-0.05, 0) is 18.8 Å². The van der Waals surface area contributed by atoms with Gasteiger partial charge in [0.15, 0.2) is 0 Å². The average molecular weight is 317 g/mol. The van der Waals surface area contributed by atoms with E-state index in [1.807, 2.05) is 35.2 Å². The number of thioether (sulfide) groups is 1. The van der Waals surface area contributed by atoms with Crippen molar-refractivity contribution in [3.63, 3.8) is 0 Å². The van der Waals surface area contributed by atoms with Crippen molar-refractivity contribution >= 4 is 17.7 Å². The highest BCUT2D eigenvalue weighted by atomic mass is 32.2. The molecule has 1 aliphatic heterocycles. The molecule has 0 N–H and O–H groups in total. The molecular weight excluding hydrogens is 298 g/mol. The summed E-state index contributed by atoms with van der Waals surface area (Å²) in [6.45, 7) is 3.96. The van der Waals surface area contributed by atoms with Crippen LogP contribution in [-0.2, 0) is 4.79 Å². The molecule has 2 aromatic rings. The van der Waals surface area contributed by atoms with E-state index >= 15 is 0 Å². The second-order valence-corrected chi connectivity index (χ2v) is 6.53. The van der Waals surface area contributed by atoms with Gasteiger partial charge in [-0.15, -0.1) is 0 Å². The predicted octanol–water partition coefficient (Wildman–Crippen LogP) is 3.09. The van der Waals surface area contributed by atoms with Crippen LogP contribution in [0.25, 0.3) is 11.4 Å². The molecule has 0 spiro atoms. The summed E-state index contributed by atoms with van der Waals surface area (Å²) >= 11 is 1.31. The molecule has 1 aromatic heterocycles. The molecule has 5 nitrogen and oxygen atoms in total. The summed E-state index contributed by atoms with van der Waals surface area (Å²) < 4.78 is 5.20. The number of carbonyl (C=O) groups is 1. The monoisotopic (exact) mass is 317 g/mol. The third-order valence-electron chi connectivity index (χ3n) is 3.89. The molecule has 22 heavy (non-hydrogen) atoms. The maximum absolute atomic E-state index is 12.2. The van der Waals surface area contributed by atoms with Crippen LogP contribution in [0, 0.1) is 5.92 Å². The number of aromatic nitrogens is 2. The fraction of sp³-hybridized carbons (Fsp3) is 0.438. The molecule has 0 aliphatic carbocycles. The molecule has 2 heterocycles. The average Bonchev–Trinajstić information content (AvgIpc) is 3.03. The molecule has 0 atom stereocenters. The van der Waals surface area contributed by atoms with E-state index in [2.05, 4.69) is 17.1 Å². The van der Waals surface area contributed by atoms with Crippen LogP contribution < -0.4 is 0 Å². The van der Waals surface area contributed by atoms with E-state index in [9.17, 15) is 4.79 Å². The minimum atomic E-state index is 0.149. The number of nitrogens with zero attached hydrogens (tertiary/aromatic N) is 3. The maximum Gasteiger partial charge on any atom is 0.286 e. The minimum absolute atomic E-state index is 0.149. The van der Waals surface area contributed by atoms with Crippen LogP contribution in [0.5, 0.6) is 0 Å². The molecule has 1 aromatic carbocycles. The Labute approximate surface area is 134 Å². The van der Waals surface area contributed by atoms with Crippen LogP contribution in [0.2, 0.25) is 0 Å². The zero-order valence-corrected chi connectivity index (χ0v) is 13.4. The van der Waals surface area contributed by atoms with Gasteiger partial charge in [0.05, 0.1) is 5.75 Å². The van der Waals surface area contributed by atoms with E-state index in [4.69, 9.17) is 4.52 Å². The van der Waals surface area contributed by atoms with E-state index in [1.54, 1.807) is 0 Å². The van der Waals surface area contributed by atoms with Crippen LogP contribution in [0.1, 0.15) is 19.8 Å². The van der Waals surface area contributed by atoms with E-state index in [-0.39, 0.29) is 5.91 Å². The van der Waals surface area contributed by atoms with Crippen molar-refractivity contribution in [3.05, 3.63) is 30.3 Å². The van der Waals surface area contributed by atoms with E-state index < -0.39 is 0 Å². The Bertz CT molecular complexity index is 621. The molecule has 116 valence electrons. The number of likely N-dealkylation sites (tertiary alicyclic amines) is 1. The predicted molar refractivity (Wildman–Crippen MR) is 85.4 cm³/mol. The Hall–Kier alpha value is -1.82. The van der Waals surface area contributed by atoms with Crippen molar-refractivity contribution in [2.45, 2.75) is 25.0 Å². The SMILES string of the molecule is CC1CCN(C(=O)CSc2nc(-c3ccccc3)no2)CC1. The standard InChI is InChI=1S/C16H19N3O2S/c1-12-7-9-19(10-8-12)14(20)11-22-16-17-15(18-21-16)13-5-3-2-4-6-13/h2-6,12H,7-11H2,1H3. The number of hydrogen-bond acceptors (Lipinski definition) is 5. The van der Waals surface area contributed by atoms with Crippen molar-refractivity contribution in [2.24, 2.45) is 5.92 Å². The van der Waals surface area contributed by atoms with E-state index in [0.717, 1.165) is 37.4 Å². The number of piperidine rings is 1. The molecule has 0 unspecified atom stereocenters.